The first-order valence-corrected chi connectivity index (χ1v) is 9.72. The number of alkyl halides is 2. The molecule has 0 aliphatic heterocycles. The molecular formula is C17H18BrF2NO4S. The summed E-state index contributed by atoms with van der Waals surface area (Å²) in [7, 11) is -0.936. The van der Waals surface area contributed by atoms with Crippen molar-refractivity contribution in [3.63, 3.8) is 0 Å². The number of aryl methyl sites for hydroxylation is 1. The minimum Gasteiger partial charge on any atom is -0.493 e. The number of nitrogens with zero attached hydrogens (tertiary/aromatic N) is 1. The fourth-order valence-electron chi connectivity index (χ4n) is 2.30. The van der Waals surface area contributed by atoms with Crippen molar-refractivity contribution in [2.24, 2.45) is 0 Å². The van der Waals surface area contributed by atoms with Crippen LogP contribution >= 0.6 is 15.9 Å². The number of sulfonamides is 1. The molecule has 0 unspecified atom stereocenters. The largest absolute Gasteiger partial charge is 0.493 e. The van der Waals surface area contributed by atoms with E-state index in [9.17, 15) is 17.2 Å². The van der Waals surface area contributed by atoms with Crippen LogP contribution in [0, 0.1) is 6.92 Å². The first kappa shape index (κ1) is 20.6. The molecular weight excluding hydrogens is 432 g/mol. The van der Waals surface area contributed by atoms with E-state index in [1.54, 1.807) is 19.1 Å². The Labute approximate surface area is 159 Å². The standard InChI is InChI=1S/C17H18BrF2NO4S/c1-11-8-13(5-6-14(11)18)26(22,23)21(2)10-12-4-7-15(25-17(19)20)16(9-12)24-3/h4-9,17H,10H2,1-3H3. The minimum absolute atomic E-state index is 0.0444. The van der Waals surface area contributed by atoms with Crippen LogP contribution in [0.3, 0.4) is 0 Å². The van der Waals surface area contributed by atoms with E-state index >= 15 is 0 Å². The van der Waals surface area contributed by atoms with Crippen LogP contribution in [-0.4, -0.2) is 33.5 Å². The van der Waals surface area contributed by atoms with Gasteiger partial charge < -0.3 is 9.47 Å². The molecule has 0 bridgehead atoms. The molecule has 0 atom stereocenters. The highest BCUT2D eigenvalue weighted by Crippen LogP contribution is 2.30. The zero-order valence-corrected chi connectivity index (χ0v) is 16.8. The summed E-state index contributed by atoms with van der Waals surface area (Å²) >= 11 is 3.34. The number of hydrogen-bond donors (Lipinski definition) is 0. The fourth-order valence-corrected chi connectivity index (χ4v) is 3.79. The van der Waals surface area contributed by atoms with Gasteiger partial charge in [0.25, 0.3) is 0 Å². The summed E-state index contributed by atoms with van der Waals surface area (Å²) in [6.07, 6.45) is 0. The van der Waals surface area contributed by atoms with E-state index in [-0.39, 0.29) is 22.9 Å². The van der Waals surface area contributed by atoms with Gasteiger partial charge in [-0.05, 0) is 48.4 Å². The third-order valence-corrected chi connectivity index (χ3v) is 6.38. The van der Waals surface area contributed by atoms with Gasteiger partial charge in [0.1, 0.15) is 0 Å². The topological polar surface area (TPSA) is 55.8 Å². The highest BCUT2D eigenvalue weighted by molar-refractivity contribution is 9.10. The van der Waals surface area contributed by atoms with Crippen LogP contribution in [0.5, 0.6) is 11.5 Å². The lowest BCUT2D eigenvalue weighted by Gasteiger charge is -2.19. The van der Waals surface area contributed by atoms with E-state index in [1.807, 2.05) is 0 Å². The molecule has 26 heavy (non-hydrogen) atoms. The Morgan fingerprint density at radius 3 is 2.42 bits per heavy atom. The Morgan fingerprint density at radius 2 is 1.85 bits per heavy atom. The summed E-state index contributed by atoms with van der Waals surface area (Å²) in [6.45, 7) is -1.13. The predicted octanol–water partition coefficient (Wildman–Crippen LogP) is 4.19. The molecule has 0 spiro atoms. The fraction of sp³-hybridized carbons (Fsp3) is 0.294. The molecule has 0 fully saturated rings. The number of benzene rings is 2. The van der Waals surface area contributed by atoms with Crippen LogP contribution in [0.1, 0.15) is 11.1 Å². The minimum atomic E-state index is -3.70. The van der Waals surface area contributed by atoms with Gasteiger partial charge in [-0.1, -0.05) is 22.0 Å². The molecule has 0 aromatic heterocycles. The number of hydrogen-bond acceptors (Lipinski definition) is 4. The first-order chi connectivity index (χ1) is 12.1. The number of methoxy groups -OCH3 is 1. The van der Waals surface area contributed by atoms with Gasteiger partial charge in [-0.25, -0.2) is 8.42 Å². The van der Waals surface area contributed by atoms with Crippen molar-refractivity contribution in [1.29, 1.82) is 0 Å². The van der Waals surface area contributed by atoms with Crippen molar-refractivity contribution in [2.45, 2.75) is 25.0 Å². The van der Waals surface area contributed by atoms with E-state index in [0.29, 0.717) is 5.56 Å². The van der Waals surface area contributed by atoms with E-state index < -0.39 is 16.6 Å². The maximum Gasteiger partial charge on any atom is 0.387 e. The maximum absolute atomic E-state index is 12.7. The highest BCUT2D eigenvalue weighted by Gasteiger charge is 2.22. The summed E-state index contributed by atoms with van der Waals surface area (Å²) < 4.78 is 61.6. The smallest absolute Gasteiger partial charge is 0.387 e. The molecule has 0 radical (unpaired) electrons. The highest BCUT2D eigenvalue weighted by atomic mass is 79.9. The van der Waals surface area contributed by atoms with Gasteiger partial charge in [-0.15, -0.1) is 0 Å². The lowest BCUT2D eigenvalue weighted by atomic mass is 10.2. The summed E-state index contributed by atoms with van der Waals surface area (Å²) in [4.78, 5) is 0.172. The molecule has 0 saturated heterocycles. The van der Waals surface area contributed by atoms with Crippen molar-refractivity contribution < 1.29 is 26.7 Å². The average Bonchev–Trinajstić information content (AvgIpc) is 2.57. The number of ether oxygens (including phenoxy) is 2. The molecule has 142 valence electrons. The molecule has 0 aliphatic carbocycles. The Kier molecular flexibility index (Phi) is 6.59. The van der Waals surface area contributed by atoms with Gasteiger partial charge in [0, 0.05) is 18.1 Å². The van der Waals surface area contributed by atoms with Crippen LogP contribution in [0.15, 0.2) is 45.8 Å². The Hall–Kier alpha value is -1.71. The molecule has 0 aliphatic rings. The molecule has 2 aromatic carbocycles. The zero-order chi connectivity index (χ0) is 19.5. The van der Waals surface area contributed by atoms with Gasteiger partial charge in [0.05, 0.1) is 12.0 Å². The Balaban J connectivity index is 2.25. The second-order valence-corrected chi connectivity index (χ2v) is 8.44. The van der Waals surface area contributed by atoms with Crippen LogP contribution in [-0.2, 0) is 16.6 Å². The van der Waals surface area contributed by atoms with Gasteiger partial charge in [0.2, 0.25) is 10.0 Å². The van der Waals surface area contributed by atoms with E-state index in [4.69, 9.17) is 4.74 Å². The quantitative estimate of drug-likeness (QED) is 0.635. The lowest BCUT2D eigenvalue weighted by molar-refractivity contribution is -0.0512. The Bertz CT molecular complexity index is 890. The van der Waals surface area contributed by atoms with Crippen molar-refractivity contribution in [3.05, 3.63) is 52.0 Å². The summed E-state index contributed by atoms with van der Waals surface area (Å²) in [5, 5.41) is 0. The van der Waals surface area contributed by atoms with E-state index in [1.165, 1.54) is 42.7 Å². The number of halogens is 3. The molecule has 2 rings (SSSR count). The average molecular weight is 450 g/mol. The second-order valence-electron chi connectivity index (χ2n) is 5.54. The first-order valence-electron chi connectivity index (χ1n) is 7.49. The predicted molar refractivity (Wildman–Crippen MR) is 97.2 cm³/mol. The van der Waals surface area contributed by atoms with Crippen LogP contribution < -0.4 is 9.47 Å². The molecule has 2 aromatic rings. The van der Waals surface area contributed by atoms with Crippen molar-refractivity contribution >= 4 is 26.0 Å². The normalized spacial score (nSPS) is 11.8. The molecule has 9 heteroatoms. The van der Waals surface area contributed by atoms with Crippen LogP contribution in [0.2, 0.25) is 0 Å². The second kappa shape index (κ2) is 8.32. The van der Waals surface area contributed by atoms with Crippen LogP contribution in [0.4, 0.5) is 8.78 Å². The Morgan fingerprint density at radius 1 is 1.15 bits per heavy atom. The van der Waals surface area contributed by atoms with Gasteiger partial charge in [-0.3, -0.25) is 0 Å². The molecule has 0 amide bonds. The lowest BCUT2D eigenvalue weighted by Crippen LogP contribution is -2.26. The van der Waals surface area contributed by atoms with E-state index in [2.05, 4.69) is 20.7 Å². The summed E-state index contributed by atoms with van der Waals surface area (Å²) in [5.74, 6) is -0.00613. The van der Waals surface area contributed by atoms with Gasteiger partial charge in [-0.2, -0.15) is 13.1 Å². The third-order valence-electron chi connectivity index (χ3n) is 3.69. The molecule has 0 N–H and O–H groups in total. The van der Waals surface area contributed by atoms with Crippen molar-refractivity contribution in [3.8, 4) is 11.5 Å². The van der Waals surface area contributed by atoms with Gasteiger partial charge in [0.15, 0.2) is 11.5 Å². The third kappa shape index (κ3) is 4.72. The van der Waals surface area contributed by atoms with Crippen molar-refractivity contribution in [2.75, 3.05) is 14.2 Å². The van der Waals surface area contributed by atoms with E-state index in [0.717, 1.165) is 10.0 Å². The maximum atomic E-state index is 12.7. The summed E-state index contributed by atoms with van der Waals surface area (Å²) in [5.41, 5.74) is 1.37. The monoisotopic (exact) mass is 449 g/mol. The molecule has 0 saturated carbocycles. The van der Waals surface area contributed by atoms with Gasteiger partial charge >= 0.3 is 6.61 Å². The SMILES string of the molecule is COc1cc(CN(C)S(=O)(=O)c2ccc(Br)c(C)c2)ccc1OC(F)F. The van der Waals surface area contributed by atoms with Crippen molar-refractivity contribution in [1.82, 2.24) is 4.31 Å². The summed E-state index contributed by atoms with van der Waals surface area (Å²) in [6, 6.07) is 9.08. The van der Waals surface area contributed by atoms with Crippen LogP contribution in [0.25, 0.3) is 0 Å². The molecule has 0 heterocycles. The molecule has 5 nitrogen and oxygen atoms in total. The number of rotatable bonds is 7. The zero-order valence-electron chi connectivity index (χ0n) is 14.4.